The van der Waals surface area contributed by atoms with E-state index in [2.05, 4.69) is 41.3 Å². The Bertz CT molecular complexity index is 635. The summed E-state index contributed by atoms with van der Waals surface area (Å²) in [6, 6.07) is 8.09. The third-order valence-corrected chi connectivity index (χ3v) is 4.63. The summed E-state index contributed by atoms with van der Waals surface area (Å²) in [5, 5.41) is 8.68. The number of anilines is 2. The lowest BCUT2D eigenvalue weighted by atomic mass is 10.2. The van der Waals surface area contributed by atoms with Crippen LogP contribution in [0.4, 0.5) is 10.8 Å². The standard InChI is InChI=1S/C18H26N4OS/c1-4-22(5-2)12-6-11-19-17(23)16-13-24-18(21-16)20-15-9-7-14(3)8-10-15/h7-10,13H,4-6,11-12H2,1-3H3,(H,19,23)(H,20,21). The first kappa shape index (κ1) is 18.4. The van der Waals surface area contributed by atoms with Gasteiger partial charge in [0.25, 0.3) is 5.91 Å². The SMILES string of the molecule is CCN(CC)CCCNC(=O)c1csc(Nc2ccc(C)cc2)n1. The Kier molecular flexibility index (Phi) is 7.21. The molecule has 0 atom stereocenters. The fourth-order valence-electron chi connectivity index (χ4n) is 2.33. The Hall–Kier alpha value is -1.92. The van der Waals surface area contributed by atoms with Crippen molar-refractivity contribution < 1.29 is 4.79 Å². The Morgan fingerprint density at radius 1 is 1.21 bits per heavy atom. The van der Waals surface area contributed by atoms with Crippen molar-refractivity contribution in [1.29, 1.82) is 0 Å². The van der Waals surface area contributed by atoms with Crippen molar-refractivity contribution in [2.24, 2.45) is 0 Å². The van der Waals surface area contributed by atoms with Crippen LogP contribution in [0.3, 0.4) is 0 Å². The van der Waals surface area contributed by atoms with E-state index in [9.17, 15) is 4.79 Å². The summed E-state index contributed by atoms with van der Waals surface area (Å²) in [7, 11) is 0. The molecule has 0 saturated heterocycles. The van der Waals surface area contributed by atoms with Crippen LogP contribution in [0, 0.1) is 6.92 Å². The van der Waals surface area contributed by atoms with Crippen LogP contribution in [0.1, 0.15) is 36.3 Å². The largest absolute Gasteiger partial charge is 0.351 e. The molecule has 0 aliphatic heterocycles. The molecule has 0 bridgehead atoms. The summed E-state index contributed by atoms with van der Waals surface area (Å²) in [6.07, 6.45) is 0.950. The number of hydrogen-bond donors (Lipinski definition) is 2. The quantitative estimate of drug-likeness (QED) is 0.681. The highest BCUT2D eigenvalue weighted by atomic mass is 32.1. The fourth-order valence-corrected chi connectivity index (χ4v) is 3.04. The number of carbonyl (C=O) groups is 1. The zero-order valence-electron chi connectivity index (χ0n) is 14.6. The summed E-state index contributed by atoms with van der Waals surface area (Å²) in [5.74, 6) is -0.109. The molecular weight excluding hydrogens is 320 g/mol. The molecule has 1 heterocycles. The highest BCUT2D eigenvalue weighted by molar-refractivity contribution is 7.14. The van der Waals surface area contributed by atoms with Crippen LogP contribution in [0.25, 0.3) is 0 Å². The zero-order valence-corrected chi connectivity index (χ0v) is 15.4. The van der Waals surface area contributed by atoms with E-state index >= 15 is 0 Å². The van der Waals surface area contributed by atoms with Gasteiger partial charge in [-0.1, -0.05) is 31.5 Å². The first-order chi connectivity index (χ1) is 11.6. The number of nitrogens with zero attached hydrogens (tertiary/aromatic N) is 2. The van der Waals surface area contributed by atoms with Crippen LogP contribution in [0.2, 0.25) is 0 Å². The summed E-state index contributed by atoms with van der Waals surface area (Å²) in [4.78, 5) is 18.8. The molecule has 6 heteroatoms. The zero-order chi connectivity index (χ0) is 17.4. The number of aromatic nitrogens is 1. The van der Waals surface area contributed by atoms with E-state index in [0.717, 1.165) is 36.9 Å². The minimum Gasteiger partial charge on any atom is -0.351 e. The third kappa shape index (κ3) is 5.62. The van der Waals surface area contributed by atoms with Crippen LogP contribution in [-0.4, -0.2) is 42.0 Å². The summed E-state index contributed by atoms with van der Waals surface area (Å²) in [6.45, 7) is 10.1. The molecule has 5 nitrogen and oxygen atoms in total. The molecule has 24 heavy (non-hydrogen) atoms. The second-order valence-corrected chi connectivity index (χ2v) is 6.52. The predicted octanol–water partition coefficient (Wildman–Crippen LogP) is 3.66. The number of rotatable bonds is 9. The molecule has 0 aliphatic rings. The van der Waals surface area contributed by atoms with Gasteiger partial charge in [-0.3, -0.25) is 4.79 Å². The molecule has 1 amide bonds. The van der Waals surface area contributed by atoms with Crippen LogP contribution >= 0.6 is 11.3 Å². The molecule has 130 valence electrons. The molecule has 0 saturated carbocycles. The van der Waals surface area contributed by atoms with Gasteiger partial charge in [0, 0.05) is 17.6 Å². The van der Waals surface area contributed by atoms with Gasteiger partial charge in [-0.15, -0.1) is 11.3 Å². The van der Waals surface area contributed by atoms with Gasteiger partial charge in [0.2, 0.25) is 0 Å². The van der Waals surface area contributed by atoms with Gasteiger partial charge in [0.1, 0.15) is 5.69 Å². The topological polar surface area (TPSA) is 57.3 Å². The predicted molar refractivity (Wildman–Crippen MR) is 101 cm³/mol. The van der Waals surface area contributed by atoms with Crippen molar-refractivity contribution in [3.05, 3.63) is 40.9 Å². The Morgan fingerprint density at radius 3 is 2.58 bits per heavy atom. The van der Waals surface area contributed by atoms with Gasteiger partial charge in [-0.05, 0) is 45.1 Å². The van der Waals surface area contributed by atoms with E-state index in [-0.39, 0.29) is 5.91 Å². The lowest BCUT2D eigenvalue weighted by Gasteiger charge is -2.17. The molecule has 2 rings (SSSR count). The number of aryl methyl sites for hydroxylation is 1. The van der Waals surface area contributed by atoms with E-state index in [1.54, 1.807) is 5.38 Å². The van der Waals surface area contributed by atoms with Crippen LogP contribution in [-0.2, 0) is 0 Å². The highest BCUT2D eigenvalue weighted by Crippen LogP contribution is 2.21. The van der Waals surface area contributed by atoms with Gasteiger partial charge in [-0.25, -0.2) is 4.98 Å². The molecule has 0 spiro atoms. The van der Waals surface area contributed by atoms with Gasteiger partial charge < -0.3 is 15.5 Å². The molecule has 1 aromatic carbocycles. The Labute approximate surface area is 148 Å². The van der Waals surface area contributed by atoms with Gasteiger partial charge >= 0.3 is 0 Å². The molecule has 2 N–H and O–H groups in total. The monoisotopic (exact) mass is 346 g/mol. The van der Waals surface area contributed by atoms with Gasteiger partial charge in [-0.2, -0.15) is 0 Å². The maximum absolute atomic E-state index is 12.1. The smallest absolute Gasteiger partial charge is 0.270 e. The lowest BCUT2D eigenvalue weighted by molar-refractivity contribution is 0.0947. The van der Waals surface area contributed by atoms with Gasteiger partial charge in [0.15, 0.2) is 5.13 Å². The molecule has 1 aromatic heterocycles. The van der Waals surface area contributed by atoms with Crippen molar-refractivity contribution >= 4 is 28.1 Å². The maximum atomic E-state index is 12.1. The van der Waals surface area contributed by atoms with Crippen molar-refractivity contribution in [3.63, 3.8) is 0 Å². The van der Waals surface area contributed by atoms with Gasteiger partial charge in [0.05, 0.1) is 0 Å². The van der Waals surface area contributed by atoms with Crippen LogP contribution < -0.4 is 10.6 Å². The third-order valence-electron chi connectivity index (χ3n) is 3.87. The van der Waals surface area contributed by atoms with Crippen molar-refractivity contribution in [3.8, 4) is 0 Å². The summed E-state index contributed by atoms with van der Waals surface area (Å²) in [5.41, 5.74) is 2.66. The molecular formula is C18H26N4OS. The van der Waals surface area contributed by atoms with E-state index in [0.29, 0.717) is 12.2 Å². The van der Waals surface area contributed by atoms with Crippen molar-refractivity contribution in [2.75, 3.05) is 31.5 Å². The number of nitrogens with one attached hydrogen (secondary N) is 2. The van der Waals surface area contributed by atoms with E-state index in [1.807, 2.05) is 24.3 Å². The normalized spacial score (nSPS) is 10.8. The second kappa shape index (κ2) is 9.39. The number of thiazole rings is 1. The van der Waals surface area contributed by atoms with E-state index in [4.69, 9.17) is 0 Å². The Balaban J connectivity index is 1.79. The van der Waals surface area contributed by atoms with Crippen LogP contribution in [0.5, 0.6) is 0 Å². The van der Waals surface area contributed by atoms with E-state index < -0.39 is 0 Å². The number of amides is 1. The van der Waals surface area contributed by atoms with Crippen molar-refractivity contribution in [1.82, 2.24) is 15.2 Å². The lowest BCUT2D eigenvalue weighted by Crippen LogP contribution is -2.30. The minimum absolute atomic E-state index is 0.109. The summed E-state index contributed by atoms with van der Waals surface area (Å²) >= 11 is 1.44. The first-order valence-corrected chi connectivity index (χ1v) is 9.30. The number of carbonyl (C=O) groups excluding carboxylic acids is 1. The number of benzene rings is 1. The fraction of sp³-hybridized carbons (Fsp3) is 0.444. The van der Waals surface area contributed by atoms with Crippen LogP contribution in [0.15, 0.2) is 29.6 Å². The molecule has 2 aromatic rings. The van der Waals surface area contributed by atoms with Crippen molar-refractivity contribution in [2.45, 2.75) is 27.2 Å². The molecule has 0 radical (unpaired) electrons. The molecule has 0 unspecified atom stereocenters. The Morgan fingerprint density at radius 2 is 1.92 bits per heavy atom. The highest BCUT2D eigenvalue weighted by Gasteiger charge is 2.10. The maximum Gasteiger partial charge on any atom is 0.270 e. The van der Waals surface area contributed by atoms with E-state index in [1.165, 1.54) is 16.9 Å². The summed E-state index contributed by atoms with van der Waals surface area (Å²) < 4.78 is 0. The number of hydrogen-bond acceptors (Lipinski definition) is 5. The molecule has 0 fully saturated rings. The average molecular weight is 347 g/mol. The second-order valence-electron chi connectivity index (χ2n) is 5.67. The first-order valence-electron chi connectivity index (χ1n) is 8.42. The molecule has 0 aliphatic carbocycles. The minimum atomic E-state index is -0.109. The average Bonchev–Trinajstić information content (AvgIpc) is 3.05.